The number of hydrogen-bond donors (Lipinski definition) is 1. The maximum atomic E-state index is 12.1. The lowest BCUT2D eigenvalue weighted by molar-refractivity contribution is -0.120. The van der Waals surface area contributed by atoms with Crippen molar-refractivity contribution in [2.24, 2.45) is 0 Å². The maximum absolute atomic E-state index is 12.1. The molecule has 22 heavy (non-hydrogen) atoms. The predicted octanol–water partition coefficient (Wildman–Crippen LogP) is 3.88. The van der Waals surface area contributed by atoms with Gasteiger partial charge in [-0.05, 0) is 43.7 Å². The lowest BCUT2D eigenvalue weighted by Gasteiger charge is -2.12. The van der Waals surface area contributed by atoms with Gasteiger partial charge in [-0.15, -0.1) is 11.8 Å². The van der Waals surface area contributed by atoms with Gasteiger partial charge in [0.2, 0.25) is 5.91 Å². The van der Waals surface area contributed by atoms with E-state index in [-0.39, 0.29) is 11.2 Å². The van der Waals surface area contributed by atoms with Gasteiger partial charge in [0.05, 0.1) is 11.9 Å². The molecule has 1 unspecified atom stereocenters. The first-order valence-electron chi connectivity index (χ1n) is 7.40. The van der Waals surface area contributed by atoms with Crippen LogP contribution in [-0.2, 0) is 11.3 Å². The van der Waals surface area contributed by atoms with E-state index in [4.69, 9.17) is 4.74 Å². The summed E-state index contributed by atoms with van der Waals surface area (Å²) in [7, 11) is 0. The Morgan fingerprint density at radius 3 is 2.45 bits per heavy atom. The third kappa shape index (κ3) is 5.11. The number of amides is 1. The summed E-state index contributed by atoms with van der Waals surface area (Å²) in [6, 6.07) is 17.8. The molecular weight excluding hydrogens is 294 g/mol. The Morgan fingerprint density at radius 1 is 1.14 bits per heavy atom. The molecule has 0 saturated heterocycles. The van der Waals surface area contributed by atoms with E-state index < -0.39 is 0 Å². The number of thioether (sulfide) groups is 1. The van der Waals surface area contributed by atoms with Crippen molar-refractivity contribution >= 4 is 17.7 Å². The molecule has 3 nitrogen and oxygen atoms in total. The molecule has 0 spiro atoms. The highest BCUT2D eigenvalue weighted by Crippen LogP contribution is 2.22. The molecule has 1 amide bonds. The molecule has 2 rings (SSSR count). The van der Waals surface area contributed by atoms with E-state index in [2.05, 4.69) is 5.32 Å². The van der Waals surface area contributed by atoms with E-state index in [1.165, 1.54) is 0 Å². The minimum atomic E-state index is -0.120. The molecule has 116 valence electrons. The molecule has 2 aromatic carbocycles. The lowest BCUT2D eigenvalue weighted by atomic mass is 10.2. The fourth-order valence-corrected chi connectivity index (χ4v) is 2.87. The highest BCUT2D eigenvalue weighted by atomic mass is 32.2. The third-order valence-corrected chi connectivity index (χ3v) is 4.24. The summed E-state index contributed by atoms with van der Waals surface area (Å²) in [6.45, 7) is 5.07. The molecule has 1 N–H and O–H groups in total. The summed E-state index contributed by atoms with van der Waals surface area (Å²) in [5.74, 6) is 0.897. The van der Waals surface area contributed by atoms with Gasteiger partial charge >= 0.3 is 0 Å². The van der Waals surface area contributed by atoms with Crippen molar-refractivity contribution in [3.8, 4) is 5.75 Å². The van der Waals surface area contributed by atoms with Gasteiger partial charge in [-0.1, -0.05) is 30.3 Å². The van der Waals surface area contributed by atoms with Gasteiger partial charge < -0.3 is 10.1 Å². The summed E-state index contributed by atoms with van der Waals surface area (Å²) in [5.41, 5.74) is 1.06. The van der Waals surface area contributed by atoms with Crippen molar-refractivity contribution in [1.29, 1.82) is 0 Å². The second kappa shape index (κ2) is 8.49. The minimum absolute atomic E-state index is 0.0442. The van der Waals surface area contributed by atoms with Crippen LogP contribution in [0.25, 0.3) is 0 Å². The van der Waals surface area contributed by atoms with Crippen LogP contribution < -0.4 is 10.1 Å². The largest absolute Gasteiger partial charge is 0.494 e. The first-order chi connectivity index (χ1) is 10.7. The van der Waals surface area contributed by atoms with Gasteiger partial charge in [0, 0.05) is 11.4 Å². The molecule has 0 saturated carbocycles. The van der Waals surface area contributed by atoms with Crippen LogP contribution in [0.3, 0.4) is 0 Å². The Kier molecular flexibility index (Phi) is 6.34. The van der Waals surface area contributed by atoms with Gasteiger partial charge in [0.15, 0.2) is 0 Å². The first kappa shape index (κ1) is 16.4. The van der Waals surface area contributed by atoms with E-state index in [9.17, 15) is 4.79 Å². The van der Waals surface area contributed by atoms with Gasteiger partial charge in [-0.3, -0.25) is 4.79 Å². The van der Waals surface area contributed by atoms with Crippen molar-refractivity contribution in [3.05, 3.63) is 60.2 Å². The van der Waals surface area contributed by atoms with Gasteiger partial charge in [-0.25, -0.2) is 0 Å². The van der Waals surface area contributed by atoms with Crippen molar-refractivity contribution in [2.75, 3.05) is 6.61 Å². The zero-order valence-electron chi connectivity index (χ0n) is 12.9. The Labute approximate surface area is 136 Å². The number of rotatable bonds is 7. The molecule has 0 aromatic heterocycles. The number of ether oxygens (including phenoxy) is 1. The zero-order valence-corrected chi connectivity index (χ0v) is 13.7. The van der Waals surface area contributed by atoms with Crippen LogP contribution in [0.15, 0.2) is 59.5 Å². The van der Waals surface area contributed by atoms with Crippen LogP contribution in [0, 0.1) is 0 Å². The fraction of sp³-hybridized carbons (Fsp3) is 0.278. The number of carbonyl (C=O) groups excluding carboxylic acids is 1. The Balaban J connectivity index is 1.81. The molecule has 4 heteroatoms. The summed E-state index contributed by atoms with van der Waals surface area (Å²) in [6.07, 6.45) is 0. The first-order valence-corrected chi connectivity index (χ1v) is 8.28. The van der Waals surface area contributed by atoms with E-state index in [1.54, 1.807) is 11.8 Å². The summed E-state index contributed by atoms with van der Waals surface area (Å²) < 4.78 is 5.40. The smallest absolute Gasteiger partial charge is 0.233 e. The quantitative estimate of drug-likeness (QED) is 0.788. The zero-order chi connectivity index (χ0) is 15.8. The van der Waals surface area contributed by atoms with Crippen LogP contribution in [0.4, 0.5) is 0 Å². The minimum Gasteiger partial charge on any atom is -0.494 e. The van der Waals surface area contributed by atoms with Crippen LogP contribution in [-0.4, -0.2) is 17.8 Å². The van der Waals surface area contributed by atoms with E-state index in [0.717, 1.165) is 16.2 Å². The second-order valence-electron chi connectivity index (χ2n) is 4.87. The number of nitrogens with one attached hydrogen (secondary N) is 1. The van der Waals surface area contributed by atoms with Crippen LogP contribution in [0.2, 0.25) is 0 Å². The van der Waals surface area contributed by atoms with Crippen LogP contribution in [0.5, 0.6) is 5.75 Å². The number of carbonyl (C=O) groups is 1. The van der Waals surface area contributed by atoms with Gasteiger partial charge in [0.25, 0.3) is 0 Å². The van der Waals surface area contributed by atoms with Crippen molar-refractivity contribution in [2.45, 2.75) is 30.5 Å². The normalized spacial score (nSPS) is 11.7. The lowest BCUT2D eigenvalue weighted by Crippen LogP contribution is -2.30. The fourth-order valence-electron chi connectivity index (χ4n) is 1.96. The molecule has 0 bridgehead atoms. The van der Waals surface area contributed by atoms with Gasteiger partial charge in [0.1, 0.15) is 5.75 Å². The topological polar surface area (TPSA) is 38.3 Å². The second-order valence-corrected chi connectivity index (χ2v) is 6.28. The highest BCUT2D eigenvalue weighted by molar-refractivity contribution is 8.00. The molecule has 0 fully saturated rings. The Bertz CT molecular complexity index is 584. The van der Waals surface area contributed by atoms with Crippen LogP contribution in [0.1, 0.15) is 19.4 Å². The summed E-state index contributed by atoms with van der Waals surface area (Å²) in [5, 5.41) is 2.85. The Hall–Kier alpha value is -1.94. The molecule has 0 aliphatic rings. The Morgan fingerprint density at radius 2 is 1.82 bits per heavy atom. The van der Waals surface area contributed by atoms with Crippen molar-refractivity contribution < 1.29 is 9.53 Å². The average Bonchev–Trinajstić information content (AvgIpc) is 2.55. The molecule has 0 aliphatic heterocycles. The SMILES string of the molecule is CCOc1ccc(CNC(=O)C(C)Sc2ccccc2)cc1. The van der Waals surface area contributed by atoms with E-state index in [1.807, 2.05) is 68.4 Å². The molecule has 0 aliphatic carbocycles. The molecule has 1 atom stereocenters. The summed E-state index contributed by atoms with van der Waals surface area (Å²) in [4.78, 5) is 13.2. The monoisotopic (exact) mass is 315 g/mol. The summed E-state index contributed by atoms with van der Waals surface area (Å²) >= 11 is 1.56. The van der Waals surface area contributed by atoms with Gasteiger partial charge in [-0.2, -0.15) is 0 Å². The molecule has 0 radical (unpaired) electrons. The van der Waals surface area contributed by atoms with Crippen molar-refractivity contribution in [3.63, 3.8) is 0 Å². The van der Waals surface area contributed by atoms with E-state index >= 15 is 0 Å². The molecule has 0 heterocycles. The maximum Gasteiger partial charge on any atom is 0.233 e. The van der Waals surface area contributed by atoms with Crippen LogP contribution >= 0.6 is 11.8 Å². The average molecular weight is 315 g/mol. The predicted molar refractivity (Wildman–Crippen MR) is 91.2 cm³/mol. The molecular formula is C18H21NO2S. The highest BCUT2D eigenvalue weighted by Gasteiger charge is 2.13. The van der Waals surface area contributed by atoms with Crippen molar-refractivity contribution in [1.82, 2.24) is 5.32 Å². The molecule has 2 aromatic rings. The number of benzene rings is 2. The standard InChI is InChI=1S/C18H21NO2S/c1-3-21-16-11-9-15(10-12-16)13-19-18(20)14(2)22-17-7-5-4-6-8-17/h4-12,14H,3,13H2,1-2H3,(H,19,20). The van der Waals surface area contributed by atoms with E-state index in [0.29, 0.717) is 13.2 Å². The number of hydrogen-bond acceptors (Lipinski definition) is 3. The third-order valence-electron chi connectivity index (χ3n) is 3.13.